The molecule has 5 heteroatoms. The van der Waals surface area contributed by atoms with E-state index in [1.165, 1.54) is 70.6 Å². The van der Waals surface area contributed by atoms with Crippen LogP contribution in [0.3, 0.4) is 0 Å². The summed E-state index contributed by atoms with van der Waals surface area (Å²) in [6.45, 7) is 5.73. The fraction of sp³-hybridized carbons (Fsp3) is 0.900. The van der Waals surface area contributed by atoms with Crippen LogP contribution in [0.4, 0.5) is 0 Å². The molecule has 0 aromatic rings. The Morgan fingerprint density at radius 2 is 1.24 bits per heavy atom. The molecule has 0 atom stereocenters. The lowest BCUT2D eigenvalue weighted by Crippen LogP contribution is -2.22. The van der Waals surface area contributed by atoms with E-state index in [0.717, 1.165) is 12.8 Å². The molecule has 0 saturated carbocycles. The van der Waals surface area contributed by atoms with Crippen molar-refractivity contribution in [3.63, 3.8) is 0 Å². The van der Waals surface area contributed by atoms with Gasteiger partial charge in [0, 0.05) is 0 Å². The number of phosphoric acid groups is 1. The molecule has 2 N–H and O–H groups in total. The van der Waals surface area contributed by atoms with Gasteiger partial charge in [-0.25, -0.2) is 4.57 Å². The number of unbranched alkanes of at least 4 members (excludes halogenated alkanes) is 11. The molecule has 0 heterocycles. The third kappa shape index (κ3) is 20.0. The molecule has 0 amide bonds. The molecular formula is C20H41O4P. The van der Waals surface area contributed by atoms with E-state index in [2.05, 4.69) is 19.1 Å². The lowest BCUT2D eigenvalue weighted by molar-refractivity contribution is 0.0557. The van der Waals surface area contributed by atoms with Gasteiger partial charge < -0.3 is 9.79 Å². The molecule has 0 aromatic heterocycles. The molecule has 0 fully saturated rings. The van der Waals surface area contributed by atoms with Gasteiger partial charge in [0.25, 0.3) is 0 Å². The molecule has 0 aliphatic heterocycles. The fourth-order valence-electron chi connectivity index (χ4n) is 2.99. The zero-order valence-corrected chi connectivity index (χ0v) is 17.6. The predicted octanol–water partition coefficient (Wildman–Crippen LogP) is 6.91. The van der Waals surface area contributed by atoms with Crippen molar-refractivity contribution < 1.29 is 18.9 Å². The van der Waals surface area contributed by atoms with Crippen LogP contribution in [0.15, 0.2) is 12.2 Å². The zero-order chi connectivity index (χ0) is 19.0. The Kier molecular flexibility index (Phi) is 14.9. The first-order chi connectivity index (χ1) is 11.8. The summed E-state index contributed by atoms with van der Waals surface area (Å²) in [4.78, 5) is 17.7. The largest absolute Gasteiger partial charge is 0.470 e. The maximum absolute atomic E-state index is 10.9. The molecule has 0 rings (SSSR count). The Hall–Kier alpha value is -0.150. The molecule has 0 spiro atoms. The van der Waals surface area contributed by atoms with Crippen molar-refractivity contribution in [2.75, 3.05) is 0 Å². The minimum Gasteiger partial charge on any atom is -0.303 e. The molecule has 0 unspecified atom stereocenters. The monoisotopic (exact) mass is 376 g/mol. The topological polar surface area (TPSA) is 66.8 Å². The Bertz CT molecular complexity index is 374. The van der Waals surface area contributed by atoms with Crippen LogP contribution in [0.1, 0.15) is 111 Å². The second-order valence-electron chi connectivity index (χ2n) is 7.68. The van der Waals surface area contributed by atoms with Crippen molar-refractivity contribution >= 4 is 7.82 Å². The Morgan fingerprint density at radius 1 is 0.800 bits per heavy atom. The Morgan fingerprint density at radius 3 is 1.72 bits per heavy atom. The molecule has 25 heavy (non-hydrogen) atoms. The van der Waals surface area contributed by atoms with Gasteiger partial charge in [-0.2, -0.15) is 0 Å². The fourth-order valence-corrected chi connectivity index (χ4v) is 3.72. The summed E-state index contributed by atoms with van der Waals surface area (Å²) in [5, 5.41) is 0. The van der Waals surface area contributed by atoms with Gasteiger partial charge in [0.1, 0.15) is 0 Å². The lowest BCUT2D eigenvalue weighted by Gasteiger charge is -2.25. The molecule has 0 saturated heterocycles. The van der Waals surface area contributed by atoms with Crippen molar-refractivity contribution in [3.05, 3.63) is 12.2 Å². The average Bonchev–Trinajstić information content (AvgIpc) is 2.48. The van der Waals surface area contributed by atoms with E-state index in [-0.39, 0.29) is 0 Å². The summed E-state index contributed by atoms with van der Waals surface area (Å²) in [5.41, 5.74) is -0.752. The summed E-state index contributed by atoms with van der Waals surface area (Å²) < 4.78 is 15.7. The number of phosphoric ester groups is 1. The van der Waals surface area contributed by atoms with E-state index in [9.17, 15) is 4.57 Å². The van der Waals surface area contributed by atoms with Crippen LogP contribution in [0.25, 0.3) is 0 Å². The first-order valence-electron chi connectivity index (χ1n) is 10.2. The number of hydrogen-bond donors (Lipinski definition) is 2. The van der Waals surface area contributed by atoms with Crippen molar-refractivity contribution in [3.8, 4) is 0 Å². The van der Waals surface area contributed by atoms with E-state index < -0.39 is 13.4 Å². The van der Waals surface area contributed by atoms with Gasteiger partial charge in [-0.1, -0.05) is 76.9 Å². The van der Waals surface area contributed by atoms with Crippen molar-refractivity contribution in [1.29, 1.82) is 0 Å². The Labute approximate surface area is 155 Å². The van der Waals surface area contributed by atoms with Gasteiger partial charge in [0.2, 0.25) is 0 Å². The first kappa shape index (κ1) is 24.8. The molecule has 0 radical (unpaired) electrons. The zero-order valence-electron chi connectivity index (χ0n) is 16.7. The third-order valence-electron chi connectivity index (χ3n) is 4.41. The molecule has 0 bridgehead atoms. The molecule has 0 aromatic carbocycles. The average molecular weight is 377 g/mol. The highest BCUT2D eigenvalue weighted by Gasteiger charge is 2.28. The van der Waals surface area contributed by atoms with Crippen LogP contribution in [-0.4, -0.2) is 15.4 Å². The summed E-state index contributed by atoms with van der Waals surface area (Å²) in [6, 6.07) is 0. The van der Waals surface area contributed by atoms with Gasteiger partial charge in [0.15, 0.2) is 0 Å². The first-order valence-corrected chi connectivity index (χ1v) is 11.7. The van der Waals surface area contributed by atoms with Crippen molar-refractivity contribution in [1.82, 2.24) is 0 Å². The third-order valence-corrected chi connectivity index (χ3v) is 5.14. The quantitative estimate of drug-likeness (QED) is 0.164. The summed E-state index contributed by atoms with van der Waals surface area (Å²) in [5.74, 6) is 0. The molecule has 0 aliphatic carbocycles. The second-order valence-corrected chi connectivity index (χ2v) is 8.84. The molecule has 4 nitrogen and oxygen atoms in total. The van der Waals surface area contributed by atoms with E-state index >= 15 is 0 Å². The lowest BCUT2D eigenvalue weighted by atomic mass is 10.00. The normalized spacial score (nSPS) is 13.0. The highest BCUT2D eigenvalue weighted by atomic mass is 31.2. The maximum Gasteiger partial charge on any atom is 0.470 e. The van der Waals surface area contributed by atoms with Gasteiger partial charge in [-0.3, -0.25) is 4.52 Å². The molecule has 150 valence electrons. The number of hydrogen-bond acceptors (Lipinski definition) is 2. The van der Waals surface area contributed by atoms with E-state index in [1.54, 1.807) is 13.8 Å². The number of allylic oxidation sites excluding steroid dienone is 2. The van der Waals surface area contributed by atoms with E-state index in [1.807, 2.05) is 0 Å². The highest BCUT2D eigenvalue weighted by Crippen LogP contribution is 2.42. The van der Waals surface area contributed by atoms with Crippen LogP contribution in [-0.2, 0) is 9.09 Å². The highest BCUT2D eigenvalue weighted by molar-refractivity contribution is 7.46. The van der Waals surface area contributed by atoms with Crippen LogP contribution >= 0.6 is 7.82 Å². The van der Waals surface area contributed by atoms with Crippen LogP contribution < -0.4 is 0 Å². The standard InChI is InChI=1S/C20H41O4P/c1-4-5-6-7-8-9-10-11-12-13-14-15-16-17-18-19-20(2,3)24-25(21,22)23/h11-12H,4-10,13-19H2,1-3H3,(H2,21,22,23)/b12-11-. The molecule has 0 aliphatic rings. The van der Waals surface area contributed by atoms with E-state index in [4.69, 9.17) is 14.3 Å². The van der Waals surface area contributed by atoms with Gasteiger partial charge in [0.05, 0.1) is 5.60 Å². The van der Waals surface area contributed by atoms with Crippen LogP contribution in [0.2, 0.25) is 0 Å². The van der Waals surface area contributed by atoms with Gasteiger partial charge in [-0.15, -0.1) is 0 Å². The summed E-state index contributed by atoms with van der Waals surface area (Å²) >= 11 is 0. The number of rotatable bonds is 17. The molecular weight excluding hydrogens is 335 g/mol. The minimum absolute atomic E-state index is 0.677. The maximum atomic E-state index is 10.9. The second kappa shape index (κ2) is 15.0. The minimum atomic E-state index is -4.38. The SMILES string of the molecule is CCCCCCCC/C=C\CCCCCCCC(C)(C)OP(=O)(O)O. The van der Waals surface area contributed by atoms with Crippen molar-refractivity contribution in [2.24, 2.45) is 0 Å². The van der Waals surface area contributed by atoms with Gasteiger partial charge >= 0.3 is 7.82 Å². The predicted molar refractivity (Wildman–Crippen MR) is 107 cm³/mol. The summed E-state index contributed by atoms with van der Waals surface area (Å²) in [7, 11) is -4.38. The Balaban J connectivity index is 3.38. The smallest absolute Gasteiger partial charge is 0.303 e. The van der Waals surface area contributed by atoms with Crippen molar-refractivity contribution in [2.45, 2.75) is 116 Å². The summed E-state index contributed by atoms with van der Waals surface area (Å²) in [6.07, 6.45) is 21.6. The van der Waals surface area contributed by atoms with Crippen LogP contribution in [0.5, 0.6) is 0 Å². The van der Waals surface area contributed by atoms with Gasteiger partial charge in [-0.05, 0) is 46.0 Å². The van der Waals surface area contributed by atoms with Crippen LogP contribution in [0, 0.1) is 0 Å². The van der Waals surface area contributed by atoms with E-state index in [0.29, 0.717) is 6.42 Å².